The fourth-order valence-corrected chi connectivity index (χ4v) is 3.35. The van der Waals surface area contributed by atoms with E-state index in [1.165, 1.54) is 5.75 Å². The minimum absolute atomic E-state index is 0.111. The van der Waals surface area contributed by atoms with Crippen LogP contribution in [0.3, 0.4) is 0 Å². The summed E-state index contributed by atoms with van der Waals surface area (Å²) >= 11 is 3.51. The molecule has 1 atom stereocenters. The first-order valence-corrected chi connectivity index (χ1v) is 8.66. The molecule has 0 amide bonds. The third-order valence-electron chi connectivity index (χ3n) is 3.10. The highest BCUT2D eigenvalue weighted by Gasteiger charge is 2.16. The second-order valence-electron chi connectivity index (χ2n) is 4.52. The number of nitrogens with zero attached hydrogens (tertiary/aromatic N) is 2. The van der Waals surface area contributed by atoms with Gasteiger partial charge >= 0.3 is 0 Å². The summed E-state index contributed by atoms with van der Waals surface area (Å²) < 4.78 is 0. The highest BCUT2D eigenvalue weighted by Crippen LogP contribution is 2.28. The summed E-state index contributed by atoms with van der Waals surface area (Å²) in [6, 6.07) is 0.490. The van der Waals surface area contributed by atoms with E-state index in [0.29, 0.717) is 6.04 Å². The molecule has 0 bridgehead atoms. The molecule has 5 heteroatoms. The zero-order valence-electron chi connectivity index (χ0n) is 11.8. The van der Waals surface area contributed by atoms with Gasteiger partial charge in [0.15, 0.2) is 5.13 Å². The lowest BCUT2D eigenvalue weighted by molar-refractivity contribution is 0.284. The highest BCUT2D eigenvalue weighted by atomic mass is 32.2. The zero-order chi connectivity index (χ0) is 13.5. The van der Waals surface area contributed by atoms with Crippen molar-refractivity contribution in [1.82, 2.24) is 4.98 Å². The van der Waals surface area contributed by atoms with E-state index in [-0.39, 0.29) is 6.61 Å². The van der Waals surface area contributed by atoms with Gasteiger partial charge in [-0.1, -0.05) is 24.7 Å². The molecule has 0 saturated heterocycles. The van der Waals surface area contributed by atoms with Crippen LogP contribution in [0, 0.1) is 0 Å². The molecule has 1 aromatic rings. The summed E-state index contributed by atoms with van der Waals surface area (Å²) in [4.78, 5) is 7.94. The first-order valence-electron chi connectivity index (χ1n) is 6.45. The maximum atomic E-state index is 9.37. The van der Waals surface area contributed by atoms with Crippen molar-refractivity contribution in [2.75, 3.05) is 24.0 Å². The number of hydrogen-bond acceptors (Lipinski definition) is 5. The molecule has 0 radical (unpaired) electrons. The summed E-state index contributed by atoms with van der Waals surface area (Å²) in [5.41, 5.74) is 1.07. The Morgan fingerprint density at radius 1 is 1.50 bits per heavy atom. The second kappa shape index (κ2) is 8.02. The summed E-state index contributed by atoms with van der Waals surface area (Å²) in [5, 5.41) is 10.4. The largest absolute Gasteiger partial charge is 0.391 e. The third kappa shape index (κ3) is 4.14. The fraction of sp³-hybridized carbons (Fsp3) is 0.769. The molecule has 1 unspecified atom stereocenters. The van der Waals surface area contributed by atoms with Gasteiger partial charge in [0.1, 0.15) is 0 Å². The number of aliphatic hydroxyl groups is 1. The molecule has 0 saturated carbocycles. The van der Waals surface area contributed by atoms with E-state index in [0.717, 1.165) is 35.0 Å². The third-order valence-corrected chi connectivity index (χ3v) is 4.92. The van der Waals surface area contributed by atoms with E-state index < -0.39 is 0 Å². The zero-order valence-corrected chi connectivity index (χ0v) is 13.4. The minimum Gasteiger partial charge on any atom is -0.391 e. The van der Waals surface area contributed by atoms with Gasteiger partial charge in [0, 0.05) is 13.1 Å². The normalized spacial score (nSPS) is 12.7. The van der Waals surface area contributed by atoms with Crippen molar-refractivity contribution in [2.45, 2.75) is 45.8 Å². The van der Waals surface area contributed by atoms with Gasteiger partial charge in [0.2, 0.25) is 0 Å². The van der Waals surface area contributed by atoms with Crippen molar-refractivity contribution >= 4 is 28.2 Å². The first kappa shape index (κ1) is 15.8. The summed E-state index contributed by atoms with van der Waals surface area (Å²) in [6.07, 6.45) is 5.33. The number of aryl methyl sites for hydroxylation is 1. The van der Waals surface area contributed by atoms with E-state index in [1.54, 1.807) is 11.3 Å². The van der Waals surface area contributed by atoms with E-state index >= 15 is 0 Å². The number of hydrogen-bond donors (Lipinski definition) is 1. The Bertz CT molecular complexity index is 355. The molecule has 0 fully saturated rings. The molecule has 0 aliphatic carbocycles. The number of thioether (sulfide) groups is 1. The molecule has 1 heterocycles. The Labute approximate surface area is 119 Å². The van der Waals surface area contributed by atoms with Crippen LogP contribution in [-0.4, -0.2) is 35.2 Å². The van der Waals surface area contributed by atoms with Crippen molar-refractivity contribution in [2.24, 2.45) is 0 Å². The lowest BCUT2D eigenvalue weighted by Crippen LogP contribution is -2.29. The topological polar surface area (TPSA) is 36.4 Å². The Hall–Kier alpha value is -0.260. The van der Waals surface area contributed by atoms with Crippen molar-refractivity contribution in [1.29, 1.82) is 0 Å². The molecule has 1 rings (SSSR count). The molecule has 18 heavy (non-hydrogen) atoms. The van der Waals surface area contributed by atoms with Crippen LogP contribution in [-0.2, 0) is 13.0 Å². The quantitative estimate of drug-likeness (QED) is 0.797. The van der Waals surface area contributed by atoms with E-state index in [1.807, 2.05) is 11.8 Å². The van der Waals surface area contributed by atoms with E-state index in [4.69, 9.17) is 0 Å². The van der Waals surface area contributed by atoms with Crippen molar-refractivity contribution < 1.29 is 5.11 Å². The van der Waals surface area contributed by atoms with Crippen molar-refractivity contribution in [3.63, 3.8) is 0 Å². The first-order chi connectivity index (χ1) is 8.63. The standard InChI is InChI=1S/C13H24N2OS2/c1-5-6-11-12(9-16)18-13(14-11)15(3)10(2)7-8-17-4/h10,16H,5-9H2,1-4H3. The number of rotatable bonds is 8. The van der Waals surface area contributed by atoms with Gasteiger partial charge in [-0.3, -0.25) is 0 Å². The van der Waals surface area contributed by atoms with Gasteiger partial charge in [-0.15, -0.1) is 0 Å². The van der Waals surface area contributed by atoms with Crippen LogP contribution in [0.2, 0.25) is 0 Å². The predicted molar refractivity (Wildman–Crippen MR) is 82.9 cm³/mol. The monoisotopic (exact) mass is 288 g/mol. The lowest BCUT2D eigenvalue weighted by atomic mass is 10.2. The van der Waals surface area contributed by atoms with Crippen LogP contribution in [0.25, 0.3) is 0 Å². The second-order valence-corrected chi connectivity index (χ2v) is 6.56. The highest BCUT2D eigenvalue weighted by molar-refractivity contribution is 7.98. The molecule has 0 spiro atoms. The molecular weight excluding hydrogens is 264 g/mol. The van der Waals surface area contributed by atoms with Gasteiger partial charge in [-0.25, -0.2) is 4.98 Å². The Kier molecular flexibility index (Phi) is 7.04. The number of aromatic nitrogens is 1. The Morgan fingerprint density at radius 2 is 2.22 bits per heavy atom. The lowest BCUT2D eigenvalue weighted by Gasteiger charge is -2.23. The van der Waals surface area contributed by atoms with E-state index in [9.17, 15) is 5.11 Å². The maximum absolute atomic E-state index is 9.37. The minimum atomic E-state index is 0.111. The summed E-state index contributed by atoms with van der Waals surface area (Å²) in [6.45, 7) is 4.49. The summed E-state index contributed by atoms with van der Waals surface area (Å²) in [7, 11) is 2.10. The smallest absolute Gasteiger partial charge is 0.185 e. The van der Waals surface area contributed by atoms with Gasteiger partial charge in [-0.05, 0) is 31.8 Å². The van der Waals surface area contributed by atoms with Crippen molar-refractivity contribution in [3.8, 4) is 0 Å². The van der Waals surface area contributed by atoms with Crippen LogP contribution >= 0.6 is 23.1 Å². The van der Waals surface area contributed by atoms with E-state index in [2.05, 4.69) is 37.0 Å². The van der Waals surface area contributed by atoms with Gasteiger partial charge in [0.05, 0.1) is 17.2 Å². The van der Waals surface area contributed by atoms with Crippen LogP contribution in [0.5, 0.6) is 0 Å². The predicted octanol–water partition coefficient (Wildman–Crippen LogP) is 3.17. The molecule has 1 aromatic heterocycles. The number of thiazole rings is 1. The summed E-state index contributed by atoms with van der Waals surface area (Å²) in [5.74, 6) is 1.17. The maximum Gasteiger partial charge on any atom is 0.185 e. The molecular formula is C13H24N2OS2. The molecule has 104 valence electrons. The average molecular weight is 288 g/mol. The average Bonchev–Trinajstić information content (AvgIpc) is 2.78. The SMILES string of the molecule is CCCc1nc(N(C)C(C)CCSC)sc1CO. The Morgan fingerprint density at radius 3 is 2.78 bits per heavy atom. The Balaban J connectivity index is 2.75. The van der Waals surface area contributed by atoms with Gasteiger partial charge in [-0.2, -0.15) is 11.8 Å². The molecule has 1 N–H and O–H groups in total. The van der Waals surface area contributed by atoms with Crippen molar-refractivity contribution in [3.05, 3.63) is 10.6 Å². The molecule has 0 aliphatic rings. The van der Waals surface area contributed by atoms with Crippen LogP contribution in [0.4, 0.5) is 5.13 Å². The van der Waals surface area contributed by atoms with Crippen LogP contribution in [0.1, 0.15) is 37.3 Å². The van der Waals surface area contributed by atoms with Gasteiger partial charge < -0.3 is 10.0 Å². The molecule has 3 nitrogen and oxygen atoms in total. The fourth-order valence-electron chi connectivity index (χ4n) is 1.75. The molecule has 0 aromatic carbocycles. The van der Waals surface area contributed by atoms with Crippen LogP contribution < -0.4 is 4.90 Å². The van der Waals surface area contributed by atoms with Crippen LogP contribution in [0.15, 0.2) is 0 Å². The number of aliphatic hydroxyl groups excluding tert-OH is 1. The molecule has 0 aliphatic heterocycles. The number of anilines is 1. The van der Waals surface area contributed by atoms with Gasteiger partial charge in [0.25, 0.3) is 0 Å².